The Balaban J connectivity index is 3.02. The summed E-state index contributed by atoms with van der Waals surface area (Å²) in [5.41, 5.74) is 5.72. The smallest absolute Gasteiger partial charge is 0.214 e. The molecule has 0 aromatic rings. The van der Waals surface area contributed by atoms with E-state index < -0.39 is 10.0 Å². The van der Waals surface area contributed by atoms with E-state index >= 15 is 0 Å². The average Bonchev–Trinajstić information content (AvgIpc) is 2.42. The number of nitrogens with zero attached hydrogens (tertiary/aromatic N) is 1. The van der Waals surface area contributed by atoms with Crippen molar-refractivity contribution in [1.82, 2.24) is 4.31 Å². The molecule has 1 aliphatic rings. The molecular formula is C15H32N2O2S. The summed E-state index contributed by atoms with van der Waals surface area (Å²) in [7, 11) is -3.19. The average molecular weight is 304 g/mol. The predicted molar refractivity (Wildman–Crippen MR) is 85.1 cm³/mol. The second-order valence-electron chi connectivity index (χ2n) is 6.37. The Labute approximate surface area is 125 Å². The van der Waals surface area contributed by atoms with Crippen LogP contribution in [0.5, 0.6) is 0 Å². The van der Waals surface area contributed by atoms with Gasteiger partial charge in [0.2, 0.25) is 10.0 Å². The van der Waals surface area contributed by atoms with Crippen molar-refractivity contribution in [2.45, 2.75) is 71.3 Å². The first-order valence-electron chi connectivity index (χ1n) is 8.12. The number of rotatable bonds is 8. The van der Waals surface area contributed by atoms with Gasteiger partial charge in [0.1, 0.15) is 0 Å². The largest absolute Gasteiger partial charge is 0.329 e. The van der Waals surface area contributed by atoms with Crippen LogP contribution in [0.1, 0.15) is 65.7 Å². The molecule has 1 aliphatic carbocycles. The maximum Gasteiger partial charge on any atom is 0.214 e. The molecule has 1 rings (SSSR count). The van der Waals surface area contributed by atoms with Gasteiger partial charge in [0.25, 0.3) is 0 Å². The summed E-state index contributed by atoms with van der Waals surface area (Å²) >= 11 is 0. The zero-order chi connectivity index (χ0) is 15.2. The number of hydrogen-bond acceptors (Lipinski definition) is 3. The molecular weight excluding hydrogens is 272 g/mol. The number of sulfonamides is 1. The summed E-state index contributed by atoms with van der Waals surface area (Å²) in [6.07, 6.45) is 6.60. The molecule has 4 nitrogen and oxygen atoms in total. The van der Waals surface area contributed by atoms with E-state index in [0.717, 1.165) is 38.5 Å². The third-order valence-electron chi connectivity index (χ3n) is 4.49. The van der Waals surface area contributed by atoms with E-state index in [0.29, 0.717) is 19.0 Å². The minimum atomic E-state index is -3.19. The SMILES string of the molecule is CCCCS(=O)(=O)N(CCC)C1(CN)CCCC(C)C1. The third kappa shape index (κ3) is 4.18. The van der Waals surface area contributed by atoms with Crippen LogP contribution < -0.4 is 5.73 Å². The Morgan fingerprint density at radius 2 is 2.00 bits per heavy atom. The van der Waals surface area contributed by atoms with Crippen LogP contribution >= 0.6 is 0 Å². The summed E-state index contributed by atoms with van der Waals surface area (Å²) in [4.78, 5) is 0. The van der Waals surface area contributed by atoms with Gasteiger partial charge in [0.05, 0.1) is 5.75 Å². The van der Waals surface area contributed by atoms with Crippen molar-refractivity contribution in [1.29, 1.82) is 0 Å². The van der Waals surface area contributed by atoms with E-state index in [9.17, 15) is 8.42 Å². The summed E-state index contributed by atoms with van der Waals surface area (Å²) in [5.74, 6) is 0.827. The third-order valence-corrected chi connectivity index (χ3v) is 6.54. The summed E-state index contributed by atoms with van der Waals surface area (Å²) in [5, 5.41) is 0. The van der Waals surface area contributed by atoms with Crippen LogP contribution in [0, 0.1) is 5.92 Å². The highest BCUT2D eigenvalue weighted by atomic mass is 32.2. The van der Waals surface area contributed by atoms with Crippen molar-refractivity contribution < 1.29 is 8.42 Å². The van der Waals surface area contributed by atoms with Gasteiger partial charge in [-0.3, -0.25) is 0 Å². The fraction of sp³-hybridized carbons (Fsp3) is 1.00. The molecule has 2 N–H and O–H groups in total. The summed E-state index contributed by atoms with van der Waals surface area (Å²) in [6, 6.07) is 0. The summed E-state index contributed by atoms with van der Waals surface area (Å²) < 4.78 is 27.2. The lowest BCUT2D eigenvalue weighted by Crippen LogP contribution is -2.58. The van der Waals surface area contributed by atoms with E-state index in [1.54, 1.807) is 4.31 Å². The van der Waals surface area contributed by atoms with Gasteiger partial charge in [-0.1, -0.05) is 40.0 Å². The number of nitrogens with two attached hydrogens (primary N) is 1. The van der Waals surface area contributed by atoms with Crippen LogP contribution in [0.3, 0.4) is 0 Å². The molecule has 20 heavy (non-hydrogen) atoms. The second-order valence-corrected chi connectivity index (χ2v) is 8.38. The molecule has 0 saturated heterocycles. The first-order chi connectivity index (χ1) is 9.41. The highest BCUT2D eigenvalue weighted by molar-refractivity contribution is 7.89. The van der Waals surface area contributed by atoms with Crippen LogP contribution in [-0.2, 0) is 10.0 Å². The van der Waals surface area contributed by atoms with E-state index in [2.05, 4.69) is 6.92 Å². The molecule has 5 heteroatoms. The fourth-order valence-corrected chi connectivity index (χ4v) is 5.62. The standard InChI is InChI=1S/C15H32N2O2S/c1-4-6-11-20(18,19)17(10-5-2)15(13-16)9-7-8-14(3)12-15/h14H,4-13,16H2,1-3H3. The van der Waals surface area contributed by atoms with Crippen LogP contribution in [0.25, 0.3) is 0 Å². The topological polar surface area (TPSA) is 63.4 Å². The first-order valence-corrected chi connectivity index (χ1v) is 9.73. The van der Waals surface area contributed by atoms with Gasteiger partial charge < -0.3 is 5.73 Å². The van der Waals surface area contributed by atoms with Gasteiger partial charge in [-0.25, -0.2) is 8.42 Å². The van der Waals surface area contributed by atoms with Gasteiger partial charge in [-0.15, -0.1) is 0 Å². The lowest BCUT2D eigenvalue weighted by molar-refractivity contribution is 0.108. The molecule has 1 saturated carbocycles. The van der Waals surface area contributed by atoms with Crippen LogP contribution in [-0.4, -0.2) is 37.1 Å². The van der Waals surface area contributed by atoms with Crippen molar-refractivity contribution in [3.8, 4) is 0 Å². The minimum absolute atomic E-state index is 0.264. The molecule has 1 fully saturated rings. The first kappa shape index (κ1) is 17.9. The Morgan fingerprint density at radius 1 is 1.30 bits per heavy atom. The van der Waals surface area contributed by atoms with Crippen molar-refractivity contribution in [3.05, 3.63) is 0 Å². The Bertz CT molecular complexity index is 383. The maximum absolute atomic E-state index is 12.7. The molecule has 0 amide bonds. The quantitative estimate of drug-likeness (QED) is 0.750. The zero-order valence-corrected chi connectivity index (χ0v) is 14.2. The number of unbranched alkanes of at least 4 members (excludes halogenated alkanes) is 1. The monoisotopic (exact) mass is 304 g/mol. The number of hydrogen-bond donors (Lipinski definition) is 1. The molecule has 0 aromatic carbocycles. The van der Waals surface area contributed by atoms with Crippen molar-refractivity contribution in [2.24, 2.45) is 11.7 Å². The highest BCUT2D eigenvalue weighted by Crippen LogP contribution is 2.38. The molecule has 0 aromatic heterocycles. The molecule has 0 radical (unpaired) electrons. The van der Waals surface area contributed by atoms with E-state index in [-0.39, 0.29) is 11.3 Å². The minimum Gasteiger partial charge on any atom is -0.329 e. The normalized spacial score (nSPS) is 27.9. The van der Waals surface area contributed by atoms with Gasteiger partial charge in [-0.05, 0) is 31.6 Å². The second kappa shape index (κ2) is 7.76. The maximum atomic E-state index is 12.7. The van der Waals surface area contributed by atoms with Crippen molar-refractivity contribution in [3.63, 3.8) is 0 Å². The molecule has 120 valence electrons. The zero-order valence-electron chi connectivity index (χ0n) is 13.4. The van der Waals surface area contributed by atoms with Crippen LogP contribution in [0.4, 0.5) is 0 Å². The molecule has 2 atom stereocenters. The Hall–Kier alpha value is -0.130. The van der Waals surface area contributed by atoms with Gasteiger partial charge in [-0.2, -0.15) is 4.31 Å². The molecule has 2 unspecified atom stereocenters. The predicted octanol–water partition coefficient (Wildman–Crippen LogP) is 2.74. The van der Waals surface area contributed by atoms with Crippen molar-refractivity contribution in [2.75, 3.05) is 18.8 Å². The Kier molecular flexibility index (Phi) is 6.95. The molecule has 0 heterocycles. The molecule has 0 aliphatic heterocycles. The van der Waals surface area contributed by atoms with Crippen LogP contribution in [0.2, 0.25) is 0 Å². The van der Waals surface area contributed by atoms with E-state index in [1.807, 2.05) is 13.8 Å². The fourth-order valence-electron chi connectivity index (χ4n) is 3.46. The summed E-state index contributed by atoms with van der Waals surface area (Å²) in [6.45, 7) is 7.34. The van der Waals surface area contributed by atoms with Gasteiger partial charge in [0, 0.05) is 18.6 Å². The lowest BCUT2D eigenvalue weighted by Gasteiger charge is -2.46. The molecule has 0 bridgehead atoms. The lowest BCUT2D eigenvalue weighted by atomic mass is 9.76. The van der Waals surface area contributed by atoms with E-state index in [1.165, 1.54) is 6.42 Å². The van der Waals surface area contributed by atoms with Crippen LogP contribution in [0.15, 0.2) is 0 Å². The van der Waals surface area contributed by atoms with Gasteiger partial charge >= 0.3 is 0 Å². The van der Waals surface area contributed by atoms with E-state index in [4.69, 9.17) is 5.73 Å². The molecule has 0 spiro atoms. The van der Waals surface area contributed by atoms with Gasteiger partial charge in [0.15, 0.2) is 0 Å². The van der Waals surface area contributed by atoms with Crippen molar-refractivity contribution >= 4 is 10.0 Å². The highest BCUT2D eigenvalue weighted by Gasteiger charge is 2.43. The Morgan fingerprint density at radius 3 is 2.50 bits per heavy atom.